The molecule has 1 atom stereocenters. The third-order valence-electron chi connectivity index (χ3n) is 5.55. The maximum absolute atomic E-state index is 12.9. The number of nitrogens with zero attached hydrogens (tertiary/aromatic N) is 3. The molecule has 2 amide bonds. The van der Waals surface area contributed by atoms with Crippen LogP contribution in [0.15, 0.2) is 71.6 Å². The Hall–Kier alpha value is -3.79. The van der Waals surface area contributed by atoms with Crippen molar-refractivity contribution in [1.29, 1.82) is 0 Å². The first-order valence-electron chi connectivity index (χ1n) is 10.9. The average Bonchev–Trinajstić information content (AvgIpc) is 2.84. The van der Waals surface area contributed by atoms with E-state index in [0.29, 0.717) is 12.2 Å². The van der Waals surface area contributed by atoms with Gasteiger partial charge in [-0.15, -0.1) is 10.2 Å². The molecule has 0 saturated carbocycles. The summed E-state index contributed by atoms with van der Waals surface area (Å²) in [6.45, 7) is 2.43. The second-order valence-corrected chi connectivity index (χ2v) is 9.79. The monoisotopic (exact) mass is 479 g/mol. The maximum atomic E-state index is 12.9. The van der Waals surface area contributed by atoms with Crippen molar-refractivity contribution in [3.05, 3.63) is 66.7 Å². The van der Waals surface area contributed by atoms with Crippen molar-refractivity contribution >= 4 is 33.3 Å². The Morgan fingerprint density at radius 2 is 1.71 bits per heavy atom. The van der Waals surface area contributed by atoms with Crippen molar-refractivity contribution in [1.82, 2.24) is 14.9 Å². The van der Waals surface area contributed by atoms with Crippen molar-refractivity contribution in [3.8, 4) is 11.3 Å². The molecule has 1 fully saturated rings. The largest absolute Gasteiger partial charge is 0.354 e. The Bertz CT molecular complexity index is 1260. The SMILES string of the molecule is CC(=O)NS(=O)(=O)c1ccc(NC(=O)C2CCCN(c3ccc(-c4ccccc4)nn3)C2)cc1. The third-order valence-corrected chi connectivity index (χ3v) is 7.00. The van der Waals surface area contributed by atoms with E-state index in [9.17, 15) is 18.0 Å². The van der Waals surface area contributed by atoms with Crippen molar-refractivity contribution in [3.63, 3.8) is 0 Å². The van der Waals surface area contributed by atoms with Crippen LogP contribution in [0.4, 0.5) is 11.5 Å². The number of carbonyl (C=O) groups is 2. The molecule has 10 heteroatoms. The van der Waals surface area contributed by atoms with Crippen LogP contribution in [0, 0.1) is 5.92 Å². The predicted molar refractivity (Wildman–Crippen MR) is 128 cm³/mol. The molecule has 0 radical (unpaired) electrons. The van der Waals surface area contributed by atoms with Gasteiger partial charge >= 0.3 is 0 Å². The molecule has 2 N–H and O–H groups in total. The molecule has 9 nitrogen and oxygen atoms in total. The van der Waals surface area contributed by atoms with Gasteiger partial charge < -0.3 is 10.2 Å². The van der Waals surface area contributed by atoms with Crippen LogP contribution in [0.3, 0.4) is 0 Å². The van der Waals surface area contributed by atoms with E-state index in [4.69, 9.17) is 0 Å². The summed E-state index contributed by atoms with van der Waals surface area (Å²) in [4.78, 5) is 25.9. The van der Waals surface area contributed by atoms with E-state index in [0.717, 1.165) is 43.4 Å². The van der Waals surface area contributed by atoms with E-state index >= 15 is 0 Å². The van der Waals surface area contributed by atoms with E-state index in [2.05, 4.69) is 20.4 Å². The van der Waals surface area contributed by atoms with Gasteiger partial charge in [0.15, 0.2) is 5.82 Å². The van der Waals surface area contributed by atoms with Crippen LogP contribution < -0.4 is 14.9 Å². The van der Waals surface area contributed by atoms with Gasteiger partial charge in [0.1, 0.15) is 0 Å². The Labute approximate surface area is 198 Å². The first kappa shape index (κ1) is 23.4. The van der Waals surface area contributed by atoms with E-state index in [-0.39, 0.29) is 16.7 Å². The molecule has 2 heterocycles. The molecule has 0 aliphatic carbocycles. The van der Waals surface area contributed by atoms with Gasteiger partial charge in [0.05, 0.1) is 16.5 Å². The number of rotatable bonds is 6. The lowest BCUT2D eigenvalue weighted by Crippen LogP contribution is -2.41. The minimum absolute atomic E-state index is 0.0536. The highest BCUT2D eigenvalue weighted by Crippen LogP contribution is 2.24. The second-order valence-electron chi connectivity index (χ2n) is 8.10. The van der Waals surface area contributed by atoms with E-state index in [1.165, 1.54) is 24.3 Å². The normalized spacial score (nSPS) is 16.0. The molecule has 2 aromatic carbocycles. The molecule has 176 valence electrons. The third kappa shape index (κ3) is 5.57. The van der Waals surface area contributed by atoms with Crippen molar-refractivity contribution < 1.29 is 18.0 Å². The number of sulfonamides is 1. The summed E-state index contributed by atoms with van der Waals surface area (Å²) >= 11 is 0. The Balaban J connectivity index is 1.38. The summed E-state index contributed by atoms with van der Waals surface area (Å²) in [5.41, 5.74) is 2.27. The number of hydrogen-bond acceptors (Lipinski definition) is 7. The number of anilines is 2. The summed E-state index contributed by atoms with van der Waals surface area (Å²) in [5.74, 6) is -0.327. The molecule has 1 aliphatic rings. The molecule has 1 unspecified atom stereocenters. The lowest BCUT2D eigenvalue weighted by molar-refractivity contribution is -0.120. The summed E-state index contributed by atoms with van der Waals surface area (Å²) in [7, 11) is -3.92. The number of benzene rings is 2. The molecule has 1 aromatic heterocycles. The fourth-order valence-corrected chi connectivity index (χ4v) is 4.86. The molecule has 4 rings (SSSR count). The van der Waals surface area contributed by atoms with Gasteiger partial charge in [0, 0.05) is 31.3 Å². The smallest absolute Gasteiger partial charge is 0.264 e. The van der Waals surface area contributed by atoms with Crippen LogP contribution in [0.1, 0.15) is 19.8 Å². The van der Waals surface area contributed by atoms with Crippen molar-refractivity contribution in [2.24, 2.45) is 5.92 Å². The van der Waals surface area contributed by atoms with Crippen LogP contribution in [-0.4, -0.2) is 43.5 Å². The highest BCUT2D eigenvalue weighted by atomic mass is 32.2. The predicted octanol–water partition coefficient (Wildman–Crippen LogP) is 2.82. The van der Waals surface area contributed by atoms with Gasteiger partial charge in [-0.3, -0.25) is 9.59 Å². The number of nitrogens with one attached hydrogen (secondary N) is 2. The van der Waals surface area contributed by atoms with Crippen LogP contribution in [0.2, 0.25) is 0 Å². The fourth-order valence-electron chi connectivity index (χ4n) is 3.87. The van der Waals surface area contributed by atoms with E-state index in [1.54, 1.807) is 0 Å². The number of amides is 2. The molecule has 0 spiro atoms. The average molecular weight is 480 g/mol. The second kappa shape index (κ2) is 10.0. The number of piperidine rings is 1. The lowest BCUT2D eigenvalue weighted by Gasteiger charge is -2.32. The van der Waals surface area contributed by atoms with Crippen molar-refractivity contribution in [2.75, 3.05) is 23.3 Å². The summed E-state index contributed by atoms with van der Waals surface area (Å²) in [5, 5.41) is 11.6. The van der Waals surface area contributed by atoms with Crippen LogP contribution in [0.5, 0.6) is 0 Å². The molecular formula is C24H25N5O4S. The molecule has 1 aliphatic heterocycles. The Kier molecular flexibility index (Phi) is 6.87. The number of aromatic nitrogens is 2. The van der Waals surface area contributed by atoms with Gasteiger partial charge in [0.25, 0.3) is 10.0 Å². The molecular weight excluding hydrogens is 454 g/mol. The quantitative estimate of drug-likeness (QED) is 0.558. The standard InChI is InChI=1S/C24H25N5O4S/c1-17(30)28-34(32,33)21-11-9-20(10-12-21)25-24(31)19-8-5-15-29(16-19)23-14-13-22(26-27-23)18-6-3-2-4-7-18/h2-4,6-7,9-14,19H,5,8,15-16H2,1H3,(H,25,31)(H,28,30). The van der Waals surface area contributed by atoms with Gasteiger partial charge in [0.2, 0.25) is 11.8 Å². The van der Waals surface area contributed by atoms with Crippen LogP contribution in [-0.2, 0) is 19.6 Å². The first-order valence-corrected chi connectivity index (χ1v) is 12.4. The van der Waals surface area contributed by atoms with Gasteiger partial charge in [-0.25, -0.2) is 13.1 Å². The van der Waals surface area contributed by atoms with E-state index < -0.39 is 15.9 Å². The zero-order valence-electron chi connectivity index (χ0n) is 18.6. The molecule has 0 bridgehead atoms. The number of hydrogen-bond donors (Lipinski definition) is 2. The molecule has 1 saturated heterocycles. The minimum atomic E-state index is -3.92. The Morgan fingerprint density at radius 3 is 2.35 bits per heavy atom. The van der Waals surface area contributed by atoms with E-state index in [1.807, 2.05) is 47.2 Å². The zero-order chi connectivity index (χ0) is 24.1. The summed E-state index contributed by atoms with van der Waals surface area (Å²) < 4.78 is 26.0. The number of carbonyl (C=O) groups excluding carboxylic acids is 2. The van der Waals surface area contributed by atoms with Crippen LogP contribution in [0.25, 0.3) is 11.3 Å². The van der Waals surface area contributed by atoms with Gasteiger partial charge in [-0.05, 0) is 49.2 Å². The highest BCUT2D eigenvalue weighted by Gasteiger charge is 2.27. The topological polar surface area (TPSA) is 121 Å². The Morgan fingerprint density at radius 1 is 0.971 bits per heavy atom. The molecule has 34 heavy (non-hydrogen) atoms. The lowest BCUT2D eigenvalue weighted by atomic mass is 9.97. The highest BCUT2D eigenvalue weighted by molar-refractivity contribution is 7.90. The van der Waals surface area contributed by atoms with Crippen LogP contribution >= 0.6 is 0 Å². The first-order chi connectivity index (χ1) is 16.3. The summed E-state index contributed by atoms with van der Waals surface area (Å²) in [6.07, 6.45) is 1.58. The maximum Gasteiger partial charge on any atom is 0.264 e. The van der Waals surface area contributed by atoms with Gasteiger partial charge in [-0.1, -0.05) is 30.3 Å². The zero-order valence-corrected chi connectivity index (χ0v) is 19.5. The van der Waals surface area contributed by atoms with Gasteiger partial charge in [-0.2, -0.15) is 0 Å². The molecule has 3 aromatic rings. The fraction of sp³-hybridized carbons (Fsp3) is 0.250. The van der Waals surface area contributed by atoms with Crippen molar-refractivity contribution in [2.45, 2.75) is 24.7 Å². The minimum Gasteiger partial charge on any atom is -0.354 e. The summed E-state index contributed by atoms with van der Waals surface area (Å²) in [6, 6.07) is 19.4.